The molecule has 3 N–H and O–H groups in total. The minimum absolute atomic E-state index is 0.0544. The third-order valence-electron chi connectivity index (χ3n) is 14.6. The van der Waals surface area contributed by atoms with E-state index in [4.69, 9.17) is 37.0 Å². The van der Waals surface area contributed by atoms with Crippen LogP contribution in [0, 0.1) is 0 Å². The zero-order chi connectivity index (χ0) is 74.6. The molecule has 0 aromatic carbocycles. The lowest BCUT2D eigenvalue weighted by Gasteiger charge is -2.21. The van der Waals surface area contributed by atoms with Gasteiger partial charge in [0.1, 0.15) is 19.3 Å². The van der Waals surface area contributed by atoms with Gasteiger partial charge in [0.05, 0.1) is 32.8 Å². The molecule has 17 nitrogen and oxygen atoms in total. The maximum absolute atomic E-state index is 13.1. The molecule has 0 aliphatic heterocycles. The van der Waals surface area contributed by atoms with Gasteiger partial charge in [-0.2, -0.15) is 0 Å². The van der Waals surface area contributed by atoms with Gasteiger partial charge in [-0.25, -0.2) is 9.13 Å². The second-order valence-corrected chi connectivity index (χ2v) is 27.0. The van der Waals surface area contributed by atoms with Crippen molar-refractivity contribution in [3.63, 3.8) is 0 Å². The third kappa shape index (κ3) is 72.3. The summed E-state index contributed by atoms with van der Waals surface area (Å²) < 4.78 is 68.2. The van der Waals surface area contributed by atoms with E-state index in [0.717, 1.165) is 128 Å². The van der Waals surface area contributed by atoms with Crippen molar-refractivity contribution in [3.05, 3.63) is 194 Å². The van der Waals surface area contributed by atoms with Gasteiger partial charge in [0.25, 0.3) is 0 Å². The van der Waals surface area contributed by atoms with E-state index in [1.54, 1.807) is 12.2 Å². The normalized spacial score (nSPS) is 15.0. The van der Waals surface area contributed by atoms with Gasteiger partial charge in [-0.3, -0.25) is 37.3 Å². The maximum Gasteiger partial charge on any atom is 0.472 e. The molecular formula is C83H130O17P2. The highest BCUT2D eigenvalue weighted by molar-refractivity contribution is 7.47. The molecule has 0 aromatic heterocycles. The molecule has 5 unspecified atom stereocenters. The van der Waals surface area contributed by atoms with Crippen LogP contribution in [0.1, 0.15) is 246 Å². The Hall–Kier alpha value is -6.10. The zero-order valence-corrected chi connectivity index (χ0v) is 64.2. The first kappa shape index (κ1) is 95.9. The van der Waals surface area contributed by atoms with Crippen LogP contribution in [0.5, 0.6) is 0 Å². The van der Waals surface area contributed by atoms with Crippen LogP contribution in [0.4, 0.5) is 0 Å². The fraction of sp³-hybridized carbons (Fsp3) is 0.566. The van der Waals surface area contributed by atoms with Gasteiger partial charge < -0.3 is 33.8 Å². The topological polar surface area (TPSA) is 237 Å². The molecule has 0 spiro atoms. The van der Waals surface area contributed by atoms with Crippen molar-refractivity contribution in [2.24, 2.45) is 0 Å². The number of unbranched alkanes of at least 4 members (excludes halogenated alkanes) is 11. The van der Waals surface area contributed by atoms with Gasteiger partial charge in [-0.15, -0.1) is 0 Å². The predicted molar refractivity (Wildman–Crippen MR) is 417 cm³/mol. The van der Waals surface area contributed by atoms with E-state index in [2.05, 4.69) is 174 Å². The van der Waals surface area contributed by atoms with Crippen molar-refractivity contribution in [3.8, 4) is 0 Å². The molecule has 0 amide bonds. The predicted octanol–water partition coefficient (Wildman–Crippen LogP) is 21.8. The van der Waals surface area contributed by atoms with Crippen molar-refractivity contribution >= 4 is 39.5 Å². The number of phosphoric ester groups is 2. The lowest BCUT2D eigenvalue weighted by atomic mass is 10.1. The average Bonchev–Trinajstić information content (AvgIpc) is 0.939. The van der Waals surface area contributed by atoms with Crippen molar-refractivity contribution in [2.45, 2.75) is 264 Å². The molecule has 0 aliphatic carbocycles. The molecular weight excluding hydrogens is 1330 g/mol. The summed E-state index contributed by atoms with van der Waals surface area (Å²) in [6.45, 7) is 4.21. The van der Waals surface area contributed by atoms with Crippen LogP contribution in [0.3, 0.4) is 0 Å². The fourth-order valence-corrected chi connectivity index (χ4v) is 10.5. The Morgan fingerprint density at radius 3 is 0.912 bits per heavy atom. The van der Waals surface area contributed by atoms with Crippen LogP contribution in [0.25, 0.3) is 0 Å². The van der Waals surface area contributed by atoms with Crippen LogP contribution < -0.4 is 0 Å². The summed E-state index contributed by atoms with van der Waals surface area (Å²) in [4.78, 5) is 72.8. The second kappa shape index (κ2) is 73.2. The van der Waals surface area contributed by atoms with Gasteiger partial charge in [0, 0.05) is 19.3 Å². The standard InChI is InChI=1S/C83H130O17P2/c1-5-9-13-17-21-25-29-33-36-38-41-44-47-51-55-59-63-67-80(85)93-73-78(99-82(87)69-65-61-57-53-49-43-32-28-24-20-16-12-8-4)75-97-101(89,90)95-71-77(84)72-96-102(91,92)98-76-79(100-83(88)70-66-62-58-54-50-46-40-35-31-27-23-19-15-11-7-3)74-94-81(86)68-64-60-56-52-48-45-42-39-37-34-30-26-22-18-14-10-6-2/h9-11,13-15,21-23,25-28,32-37,40-42,44-45,50-52,54-56,62,66,77-79,84H,5-8,12,16-20,24,29-31,38-39,43,46-49,53,57-61,63-65,67-76H2,1-4H3,(H,89,90)(H,91,92)/b13-9-,14-10-,15-11-,25-21-,26-22-,27-23-,32-28-,36-33-,37-34-,40-35-,44-41-,45-42-,54-50-,55-51-,56-52-,66-62-. The monoisotopic (exact) mass is 1460 g/mol. The van der Waals surface area contributed by atoms with Crippen LogP contribution in [-0.4, -0.2) is 96.7 Å². The number of aliphatic hydroxyl groups is 1. The minimum atomic E-state index is -5.03. The Balaban J connectivity index is 5.55. The molecule has 19 heteroatoms. The number of phosphoric acid groups is 2. The average molecular weight is 1460 g/mol. The number of allylic oxidation sites excluding steroid dienone is 31. The summed E-state index contributed by atoms with van der Waals surface area (Å²) in [5.41, 5.74) is 0. The molecule has 0 heterocycles. The molecule has 0 bridgehead atoms. The first-order valence-corrected chi connectivity index (χ1v) is 40.7. The van der Waals surface area contributed by atoms with Crippen molar-refractivity contribution in [1.29, 1.82) is 0 Å². The van der Waals surface area contributed by atoms with Crippen molar-refractivity contribution in [2.75, 3.05) is 39.6 Å². The molecule has 0 aromatic rings. The number of rotatable bonds is 68. The van der Waals surface area contributed by atoms with Crippen molar-refractivity contribution in [1.82, 2.24) is 0 Å². The van der Waals surface area contributed by atoms with E-state index in [0.29, 0.717) is 38.5 Å². The Bertz CT molecular complexity index is 2700. The minimum Gasteiger partial charge on any atom is -0.462 e. The number of aliphatic hydroxyl groups excluding tert-OH is 1. The molecule has 5 atom stereocenters. The SMILES string of the molecule is CC/C=C\C/C=C\C/C=C\C/C=C\C/C=C\CCCC(=O)OCC(COP(=O)(O)OCC(O)COP(=O)(O)OCC(COC(=O)CCC/C=C\C/C=C\C/C=C\C/C=C\C/C=C\CC)OC(=O)CCCCCCC/C=C\CCCCCC)OC(=O)C/C=C\C/C=C\C/C=C\C/C=C\C/C=C\CC. The summed E-state index contributed by atoms with van der Waals surface area (Å²) in [6, 6.07) is 0. The number of ether oxygens (including phenoxy) is 4. The highest BCUT2D eigenvalue weighted by Crippen LogP contribution is 2.45. The lowest BCUT2D eigenvalue weighted by molar-refractivity contribution is -0.161. The zero-order valence-electron chi connectivity index (χ0n) is 62.4. The van der Waals surface area contributed by atoms with Crippen LogP contribution in [-0.2, 0) is 65.4 Å². The van der Waals surface area contributed by atoms with Crippen LogP contribution >= 0.6 is 15.6 Å². The van der Waals surface area contributed by atoms with Gasteiger partial charge in [0.2, 0.25) is 0 Å². The highest BCUT2D eigenvalue weighted by atomic mass is 31.2. The number of carbonyl (C=O) groups is 4. The van der Waals surface area contributed by atoms with E-state index >= 15 is 0 Å². The van der Waals surface area contributed by atoms with Crippen molar-refractivity contribution < 1.29 is 80.2 Å². The quantitative estimate of drug-likeness (QED) is 0.0169. The molecule has 0 saturated heterocycles. The maximum atomic E-state index is 13.1. The summed E-state index contributed by atoms with van der Waals surface area (Å²) in [5.74, 6) is -2.50. The third-order valence-corrected chi connectivity index (χ3v) is 16.5. The number of hydrogen-bond donors (Lipinski definition) is 3. The summed E-state index contributed by atoms with van der Waals surface area (Å²) in [5, 5.41) is 10.6. The molecule has 0 fully saturated rings. The Kier molecular flexibility index (Phi) is 68.8. The lowest BCUT2D eigenvalue weighted by Crippen LogP contribution is -2.30. The molecule has 574 valence electrons. The summed E-state index contributed by atoms with van der Waals surface area (Å²) in [7, 11) is -10.0. The summed E-state index contributed by atoms with van der Waals surface area (Å²) in [6.07, 6.45) is 89.1. The van der Waals surface area contributed by atoms with Crippen LogP contribution in [0.2, 0.25) is 0 Å². The Labute approximate surface area is 615 Å². The summed E-state index contributed by atoms with van der Waals surface area (Å²) >= 11 is 0. The number of hydrogen-bond acceptors (Lipinski definition) is 15. The van der Waals surface area contributed by atoms with E-state index < -0.39 is 97.5 Å². The van der Waals surface area contributed by atoms with E-state index in [-0.39, 0.29) is 25.7 Å². The van der Waals surface area contributed by atoms with Gasteiger partial charge in [-0.1, -0.05) is 261 Å². The molecule has 0 rings (SSSR count). The Morgan fingerprint density at radius 2 is 0.559 bits per heavy atom. The molecule has 102 heavy (non-hydrogen) atoms. The Morgan fingerprint density at radius 1 is 0.294 bits per heavy atom. The number of esters is 4. The van der Waals surface area contributed by atoms with Gasteiger partial charge in [0.15, 0.2) is 12.2 Å². The fourth-order valence-electron chi connectivity index (χ4n) is 8.95. The van der Waals surface area contributed by atoms with E-state index in [1.165, 1.54) is 25.7 Å². The molecule has 0 aliphatic rings. The van der Waals surface area contributed by atoms with E-state index in [9.17, 15) is 43.2 Å². The van der Waals surface area contributed by atoms with Gasteiger partial charge in [-0.05, 0) is 154 Å². The second-order valence-electron chi connectivity index (χ2n) is 24.1. The first-order valence-electron chi connectivity index (χ1n) is 37.7. The van der Waals surface area contributed by atoms with Gasteiger partial charge >= 0.3 is 39.5 Å². The van der Waals surface area contributed by atoms with Crippen LogP contribution in [0.15, 0.2) is 194 Å². The van der Waals surface area contributed by atoms with E-state index in [1.807, 2.05) is 36.5 Å². The highest BCUT2D eigenvalue weighted by Gasteiger charge is 2.30. The molecule has 0 saturated carbocycles. The first-order chi connectivity index (χ1) is 49.7. The number of carbonyl (C=O) groups excluding carboxylic acids is 4. The molecule has 0 radical (unpaired) electrons. The smallest absolute Gasteiger partial charge is 0.462 e. The largest absolute Gasteiger partial charge is 0.472 e.